The Morgan fingerprint density at radius 1 is 1.38 bits per heavy atom. The molecule has 24 heavy (non-hydrogen) atoms. The highest BCUT2D eigenvalue weighted by Gasteiger charge is 2.35. The summed E-state index contributed by atoms with van der Waals surface area (Å²) in [5.41, 5.74) is -1.14. The lowest BCUT2D eigenvalue weighted by atomic mass is 10.0. The number of ether oxygens (including phenoxy) is 3. The van der Waals surface area contributed by atoms with Gasteiger partial charge >= 0.3 is 5.97 Å². The number of rotatable bonds is 8. The number of benzene rings is 1. The van der Waals surface area contributed by atoms with Crippen LogP contribution in [0.1, 0.15) is 30.1 Å². The molecule has 1 aliphatic rings. The number of methoxy groups -OCH3 is 1. The van der Waals surface area contributed by atoms with Gasteiger partial charge in [-0.05, 0) is 44.0 Å². The first-order valence-electron chi connectivity index (χ1n) is 7.84. The molecule has 1 heterocycles. The third-order valence-electron chi connectivity index (χ3n) is 3.87. The van der Waals surface area contributed by atoms with Gasteiger partial charge in [0, 0.05) is 19.3 Å². The average molecular weight is 337 g/mol. The lowest BCUT2D eigenvalue weighted by Crippen LogP contribution is -2.55. The predicted molar refractivity (Wildman–Crippen MR) is 86.3 cm³/mol. The molecule has 1 amide bonds. The molecule has 0 spiro atoms. The van der Waals surface area contributed by atoms with Crippen molar-refractivity contribution in [2.75, 3.05) is 26.9 Å². The summed E-state index contributed by atoms with van der Waals surface area (Å²) in [7, 11) is 1.38. The van der Waals surface area contributed by atoms with Crippen molar-refractivity contribution >= 4 is 11.9 Å². The molecular weight excluding hydrogens is 314 g/mol. The van der Waals surface area contributed by atoms with Crippen LogP contribution in [0.25, 0.3) is 0 Å². The molecule has 0 saturated carbocycles. The summed E-state index contributed by atoms with van der Waals surface area (Å²) in [6.45, 7) is 2.53. The molecule has 1 aliphatic heterocycles. The zero-order chi connectivity index (χ0) is 17.6. The third kappa shape index (κ3) is 4.69. The Hall–Kier alpha value is -2.12. The van der Waals surface area contributed by atoms with E-state index in [2.05, 4.69) is 5.32 Å². The standard InChI is InChI=1S/C17H23NO6/c1-17(11-22-2,16(20)21)18-15(19)12-5-7-13(8-6-12)24-10-14-4-3-9-23-14/h5-8,14H,3-4,9-11H2,1-2H3,(H,18,19)(H,20,21). The van der Waals surface area contributed by atoms with Gasteiger partial charge in [0.15, 0.2) is 5.54 Å². The molecule has 2 rings (SSSR count). The van der Waals surface area contributed by atoms with E-state index in [9.17, 15) is 14.7 Å². The van der Waals surface area contributed by atoms with Gasteiger partial charge in [-0.2, -0.15) is 0 Å². The first-order chi connectivity index (χ1) is 11.4. The van der Waals surface area contributed by atoms with Crippen molar-refractivity contribution in [2.45, 2.75) is 31.4 Å². The number of amides is 1. The molecule has 7 nitrogen and oxygen atoms in total. The minimum Gasteiger partial charge on any atom is -0.491 e. The number of carboxylic acids is 1. The van der Waals surface area contributed by atoms with Crippen LogP contribution in [0, 0.1) is 0 Å². The smallest absolute Gasteiger partial charge is 0.331 e. The first-order valence-corrected chi connectivity index (χ1v) is 7.84. The molecule has 0 aromatic heterocycles. The van der Waals surface area contributed by atoms with E-state index in [1.807, 2.05) is 0 Å². The number of carbonyl (C=O) groups excluding carboxylic acids is 1. The summed E-state index contributed by atoms with van der Waals surface area (Å²) in [6.07, 6.45) is 2.17. The summed E-state index contributed by atoms with van der Waals surface area (Å²) < 4.78 is 16.0. The number of carbonyl (C=O) groups is 2. The van der Waals surface area contributed by atoms with E-state index in [0.29, 0.717) is 17.9 Å². The van der Waals surface area contributed by atoms with Crippen molar-refractivity contribution in [1.82, 2.24) is 5.32 Å². The number of nitrogens with one attached hydrogen (secondary N) is 1. The van der Waals surface area contributed by atoms with Crippen LogP contribution in [0.4, 0.5) is 0 Å². The molecule has 2 N–H and O–H groups in total. The van der Waals surface area contributed by atoms with Crippen molar-refractivity contribution in [3.8, 4) is 5.75 Å². The second-order valence-corrected chi connectivity index (χ2v) is 5.99. The molecule has 2 unspecified atom stereocenters. The van der Waals surface area contributed by atoms with Crippen LogP contribution in [0.15, 0.2) is 24.3 Å². The Morgan fingerprint density at radius 3 is 2.62 bits per heavy atom. The molecule has 0 bridgehead atoms. The van der Waals surface area contributed by atoms with Crippen molar-refractivity contribution in [3.05, 3.63) is 29.8 Å². The Labute approximate surface area is 140 Å². The largest absolute Gasteiger partial charge is 0.491 e. The van der Waals surface area contributed by atoms with Crippen molar-refractivity contribution in [1.29, 1.82) is 0 Å². The second kappa shape index (κ2) is 8.12. The highest BCUT2D eigenvalue weighted by atomic mass is 16.5. The quantitative estimate of drug-likeness (QED) is 0.746. The van der Waals surface area contributed by atoms with E-state index in [1.165, 1.54) is 14.0 Å². The minimum atomic E-state index is -1.49. The molecule has 7 heteroatoms. The van der Waals surface area contributed by atoms with Crippen molar-refractivity contribution < 1.29 is 28.9 Å². The van der Waals surface area contributed by atoms with Gasteiger partial charge in [0.25, 0.3) is 5.91 Å². The van der Waals surface area contributed by atoms with Crippen molar-refractivity contribution in [2.24, 2.45) is 0 Å². The molecule has 1 saturated heterocycles. The minimum absolute atomic E-state index is 0.123. The van der Waals surface area contributed by atoms with Crippen LogP contribution < -0.4 is 10.1 Å². The lowest BCUT2D eigenvalue weighted by molar-refractivity contribution is -0.145. The fourth-order valence-electron chi connectivity index (χ4n) is 2.43. The summed E-state index contributed by atoms with van der Waals surface area (Å²) >= 11 is 0. The molecule has 1 aromatic rings. The van der Waals surface area contributed by atoms with Gasteiger partial charge in [0.05, 0.1) is 12.7 Å². The summed E-state index contributed by atoms with van der Waals surface area (Å²) in [5.74, 6) is -1.00. The monoisotopic (exact) mass is 337 g/mol. The fourth-order valence-corrected chi connectivity index (χ4v) is 2.43. The normalized spacial score (nSPS) is 19.5. The van der Waals surface area contributed by atoms with Crippen LogP contribution in [-0.4, -0.2) is 55.6 Å². The Kier molecular flexibility index (Phi) is 6.16. The average Bonchev–Trinajstić information content (AvgIpc) is 3.07. The summed E-state index contributed by atoms with van der Waals surface area (Å²) in [4.78, 5) is 23.5. The molecule has 132 valence electrons. The zero-order valence-electron chi connectivity index (χ0n) is 13.9. The van der Waals surface area contributed by atoms with Crippen molar-refractivity contribution in [3.63, 3.8) is 0 Å². The number of carboxylic acid groups (broad SMARTS) is 1. The molecule has 1 aromatic carbocycles. The van der Waals surface area contributed by atoms with E-state index in [0.717, 1.165) is 19.4 Å². The highest BCUT2D eigenvalue weighted by molar-refractivity contribution is 5.97. The van der Waals surface area contributed by atoms with E-state index in [4.69, 9.17) is 14.2 Å². The molecule has 2 atom stereocenters. The van der Waals surface area contributed by atoms with Gasteiger partial charge in [-0.3, -0.25) is 4.79 Å². The summed E-state index contributed by atoms with van der Waals surface area (Å²) in [6, 6.07) is 6.54. The SMILES string of the molecule is COCC(C)(NC(=O)c1ccc(OCC2CCCO2)cc1)C(=O)O. The number of aliphatic carboxylic acids is 1. The Bertz CT molecular complexity index is 567. The van der Waals surface area contributed by atoms with E-state index in [1.54, 1.807) is 24.3 Å². The molecule has 0 aliphatic carbocycles. The highest BCUT2D eigenvalue weighted by Crippen LogP contribution is 2.17. The second-order valence-electron chi connectivity index (χ2n) is 5.99. The van der Waals surface area contributed by atoms with E-state index < -0.39 is 17.4 Å². The molecule has 1 fully saturated rings. The first kappa shape index (κ1) is 18.2. The van der Waals surface area contributed by atoms with Crippen LogP contribution in [0.5, 0.6) is 5.75 Å². The van der Waals surface area contributed by atoms with Crippen LogP contribution in [-0.2, 0) is 14.3 Å². The Morgan fingerprint density at radius 2 is 2.08 bits per heavy atom. The van der Waals surface area contributed by atoms with Gasteiger partial charge in [-0.15, -0.1) is 0 Å². The zero-order valence-corrected chi connectivity index (χ0v) is 13.9. The van der Waals surface area contributed by atoms with Gasteiger partial charge in [-0.1, -0.05) is 0 Å². The van der Waals surface area contributed by atoms with Crippen LogP contribution in [0.2, 0.25) is 0 Å². The van der Waals surface area contributed by atoms with E-state index in [-0.39, 0.29) is 12.7 Å². The maximum absolute atomic E-state index is 12.2. The lowest BCUT2D eigenvalue weighted by Gasteiger charge is -2.25. The number of hydrogen-bond acceptors (Lipinski definition) is 5. The van der Waals surface area contributed by atoms with Crippen LogP contribution >= 0.6 is 0 Å². The van der Waals surface area contributed by atoms with Gasteiger partial charge in [-0.25, -0.2) is 4.79 Å². The van der Waals surface area contributed by atoms with Gasteiger partial charge < -0.3 is 24.6 Å². The Balaban J connectivity index is 1.93. The number of hydrogen-bond donors (Lipinski definition) is 2. The van der Waals surface area contributed by atoms with Gasteiger partial charge in [0.2, 0.25) is 0 Å². The molecular formula is C17H23NO6. The van der Waals surface area contributed by atoms with Crippen LogP contribution in [0.3, 0.4) is 0 Å². The van der Waals surface area contributed by atoms with Gasteiger partial charge in [0.1, 0.15) is 12.4 Å². The maximum atomic E-state index is 12.2. The summed E-state index contributed by atoms with van der Waals surface area (Å²) in [5, 5.41) is 11.7. The third-order valence-corrected chi connectivity index (χ3v) is 3.87. The van der Waals surface area contributed by atoms with E-state index >= 15 is 0 Å². The fraction of sp³-hybridized carbons (Fsp3) is 0.529. The topological polar surface area (TPSA) is 94.1 Å². The maximum Gasteiger partial charge on any atom is 0.331 e. The predicted octanol–water partition coefficient (Wildman–Crippen LogP) is 1.46. The molecule has 0 radical (unpaired) electrons.